The van der Waals surface area contributed by atoms with E-state index in [9.17, 15) is 5.11 Å². The second-order valence-electron chi connectivity index (χ2n) is 4.53. The third-order valence-corrected chi connectivity index (χ3v) is 4.19. The minimum Gasteiger partial charge on any atom is -0.386 e. The van der Waals surface area contributed by atoms with Gasteiger partial charge in [-0.25, -0.2) is 0 Å². The highest BCUT2D eigenvalue weighted by atomic mass is 32.1. The molecule has 0 aliphatic rings. The normalized spacial score (nSPS) is 12.8. The zero-order valence-electron chi connectivity index (χ0n) is 11.2. The Bertz CT molecular complexity index is 458. The lowest BCUT2D eigenvalue weighted by molar-refractivity contribution is 0.119. The summed E-state index contributed by atoms with van der Waals surface area (Å²) >= 11 is 1.61. The van der Waals surface area contributed by atoms with Crippen LogP contribution >= 0.6 is 11.3 Å². The van der Waals surface area contributed by atoms with E-state index in [1.54, 1.807) is 11.3 Å². The first kappa shape index (κ1) is 14.2. The highest BCUT2D eigenvalue weighted by Crippen LogP contribution is 2.19. The molecule has 0 amide bonds. The van der Waals surface area contributed by atoms with Crippen molar-refractivity contribution in [3.63, 3.8) is 0 Å². The number of pyridine rings is 1. The van der Waals surface area contributed by atoms with Gasteiger partial charge in [-0.1, -0.05) is 13.0 Å². The van der Waals surface area contributed by atoms with Crippen LogP contribution in [0.4, 0.5) is 0 Å². The second kappa shape index (κ2) is 7.38. The summed E-state index contributed by atoms with van der Waals surface area (Å²) in [4.78, 5) is 7.35. The van der Waals surface area contributed by atoms with Crippen molar-refractivity contribution in [1.29, 1.82) is 0 Å². The van der Waals surface area contributed by atoms with Gasteiger partial charge >= 0.3 is 0 Å². The van der Waals surface area contributed by atoms with Gasteiger partial charge in [-0.3, -0.25) is 4.98 Å². The van der Waals surface area contributed by atoms with Gasteiger partial charge < -0.3 is 10.0 Å². The molecule has 0 bridgehead atoms. The number of likely N-dealkylation sites (N-methyl/N-ethyl adjacent to an activating group) is 1. The molecule has 0 aliphatic heterocycles. The summed E-state index contributed by atoms with van der Waals surface area (Å²) in [6.45, 7) is 4.74. The van der Waals surface area contributed by atoms with Crippen molar-refractivity contribution < 1.29 is 5.11 Å². The molecule has 2 heterocycles. The molecule has 2 aromatic heterocycles. The Hall–Kier alpha value is -1.23. The van der Waals surface area contributed by atoms with Gasteiger partial charge in [0.25, 0.3) is 0 Å². The summed E-state index contributed by atoms with van der Waals surface area (Å²) in [5.41, 5.74) is 1.29. The maximum Gasteiger partial charge on any atom is 0.101 e. The minimum atomic E-state index is -0.377. The largest absolute Gasteiger partial charge is 0.386 e. The molecule has 1 atom stereocenters. The fourth-order valence-corrected chi connectivity index (χ4v) is 2.73. The molecule has 0 saturated heterocycles. The van der Waals surface area contributed by atoms with Gasteiger partial charge in [-0.2, -0.15) is 0 Å². The summed E-state index contributed by atoms with van der Waals surface area (Å²) in [6.07, 6.45) is 4.27. The quantitative estimate of drug-likeness (QED) is 0.845. The van der Waals surface area contributed by atoms with Gasteiger partial charge in [-0.05, 0) is 42.1 Å². The minimum absolute atomic E-state index is 0.377. The third-order valence-electron chi connectivity index (χ3n) is 3.22. The smallest absolute Gasteiger partial charge is 0.101 e. The molecule has 19 heavy (non-hydrogen) atoms. The first-order chi connectivity index (χ1) is 9.29. The van der Waals surface area contributed by atoms with Crippen LogP contribution in [0.1, 0.15) is 23.5 Å². The van der Waals surface area contributed by atoms with Crippen molar-refractivity contribution in [3.8, 4) is 0 Å². The summed E-state index contributed by atoms with van der Waals surface area (Å²) in [5, 5.41) is 12.2. The number of aromatic nitrogens is 1. The van der Waals surface area contributed by atoms with E-state index < -0.39 is 0 Å². The van der Waals surface area contributed by atoms with Crippen LogP contribution in [0.3, 0.4) is 0 Å². The van der Waals surface area contributed by atoms with E-state index in [1.165, 1.54) is 5.56 Å². The van der Waals surface area contributed by atoms with E-state index >= 15 is 0 Å². The van der Waals surface area contributed by atoms with Crippen LogP contribution in [0, 0.1) is 0 Å². The topological polar surface area (TPSA) is 36.4 Å². The van der Waals surface area contributed by atoms with Crippen LogP contribution in [0.5, 0.6) is 0 Å². The van der Waals surface area contributed by atoms with E-state index in [2.05, 4.69) is 16.8 Å². The molecule has 1 N–H and O–H groups in total. The first-order valence-electron chi connectivity index (χ1n) is 6.62. The van der Waals surface area contributed by atoms with Gasteiger partial charge in [0.15, 0.2) is 0 Å². The van der Waals surface area contributed by atoms with E-state index in [0.29, 0.717) is 6.54 Å². The molecule has 0 fully saturated rings. The van der Waals surface area contributed by atoms with Crippen LogP contribution < -0.4 is 0 Å². The van der Waals surface area contributed by atoms with Crippen LogP contribution in [-0.4, -0.2) is 34.6 Å². The monoisotopic (exact) mass is 276 g/mol. The number of aliphatic hydroxyl groups is 1. The van der Waals surface area contributed by atoms with Gasteiger partial charge in [0, 0.05) is 30.4 Å². The SMILES string of the molecule is CCN(CCc1ccncc1)CC(O)c1cccs1. The Morgan fingerprint density at radius 2 is 2.11 bits per heavy atom. The average molecular weight is 276 g/mol. The van der Waals surface area contributed by atoms with Crippen LogP contribution in [0.2, 0.25) is 0 Å². The molecule has 0 aromatic carbocycles. The van der Waals surface area contributed by atoms with Gasteiger partial charge in [0.1, 0.15) is 6.10 Å². The van der Waals surface area contributed by atoms with E-state index in [1.807, 2.05) is 42.0 Å². The highest BCUT2D eigenvalue weighted by molar-refractivity contribution is 7.10. The standard InChI is InChI=1S/C15H20N2OS/c1-2-17(10-7-13-5-8-16-9-6-13)12-14(18)15-4-3-11-19-15/h3-6,8-9,11,14,18H,2,7,10,12H2,1H3. The zero-order valence-corrected chi connectivity index (χ0v) is 12.0. The Kier molecular flexibility index (Phi) is 5.51. The van der Waals surface area contributed by atoms with Crippen molar-refractivity contribution >= 4 is 11.3 Å². The molecule has 2 rings (SSSR count). The number of rotatable bonds is 7. The molecule has 1 unspecified atom stereocenters. The summed E-state index contributed by atoms with van der Waals surface area (Å²) < 4.78 is 0. The van der Waals surface area contributed by atoms with Crippen molar-refractivity contribution in [1.82, 2.24) is 9.88 Å². The molecular weight excluding hydrogens is 256 g/mol. The van der Waals surface area contributed by atoms with E-state index in [4.69, 9.17) is 0 Å². The molecule has 3 nitrogen and oxygen atoms in total. The van der Waals surface area contributed by atoms with E-state index in [-0.39, 0.29) is 6.10 Å². The molecule has 0 saturated carbocycles. The number of hydrogen-bond donors (Lipinski definition) is 1. The third kappa shape index (κ3) is 4.42. The number of nitrogens with zero attached hydrogens (tertiary/aromatic N) is 2. The average Bonchev–Trinajstić information content (AvgIpc) is 2.98. The van der Waals surface area contributed by atoms with Crippen molar-refractivity contribution in [2.45, 2.75) is 19.4 Å². The first-order valence-corrected chi connectivity index (χ1v) is 7.50. The van der Waals surface area contributed by atoms with Crippen LogP contribution in [0.15, 0.2) is 42.0 Å². The predicted octanol–water partition coefficient (Wildman–Crippen LogP) is 2.74. The molecule has 0 radical (unpaired) electrons. The Morgan fingerprint density at radius 1 is 1.32 bits per heavy atom. The second-order valence-corrected chi connectivity index (χ2v) is 5.51. The van der Waals surface area contributed by atoms with Crippen molar-refractivity contribution in [3.05, 3.63) is 52.5 Å². The maximum atomic E-state index is 10.2. The fourth-order valence-electron chi connectivity index (χ4n) is 2.03. The van der Waals surface area contributed by atoms with Crippen LogP contribution in [0.25, 0.3) is 0 Å². The molecule has 2 aromatic rings. The Balaban J connectivity index is 1.83. The van der Waals surface area contributed by atoms with Crippen molar-refractivity contribution in [2.24, 2.45) is 0 Å². The summed E-state index contributed by atoms with van der Waals surface area (Å²) in [5.74, 6) is 0. The van der Waals surface area contributed by atoms with Gasteiger partial charge in [0.05, 0.1) is 0 Å². The summed E-state index contributed by atoms with van der Waals surface area (Å²) in [6, 6.07) is 8.07. The van der Waals surface area contributed by atoms with Crippen molar-refractivity contribution in [2.75, 3.05) is 19.6 Å². The Morgan fingerprint density at radius 3 is 2.74 bits per heavy atom. The van der Waals surface area contributed by atoms with Gasteiger partial charge in [-0.15, -0.1) is 11.3 Å². The maximum absolute atomic E-state index is 10.2. The number of aliphatic hydroxyl groups excluding tert-OH is 1. The van der Waals surface area contributed by atoms with Crippen LogP contribution in [-0.2, 0) is 6.42 Å². The lowest BCUT2D eigenvalue weighted by atomic mass is 10.2. The van der Waals surface area contributed by atoms with Gasteiger partial charge in [0.2, 0.25) is 0 Å². The molecule has 0 spiro atoms. The predicted molar refractivity (Wildman–Crippen MR) is 79.3 cm³/mol. The lowest BCUT2D eigenvalue weighted by Crippen LogP contribution is -2.30. The molecular formula is C15H20N2OS. The molecule has 0 aliphatic carbocycles. The highest BCUT2D eigenvalue weighted by Gasteiger charge is 2.13. The molecule has 4 heteroatoms. The number of hydrogen-bond acceptors (Lipinski definition) is 4. The zero-order chi connectivity index (χ0) is 13.5. The Labute approximate surface area is 118 Å². The fraction of sp³-hybridized carbons (Fsp3) is 0.400. The number of thiophene rings is 1. The van der Waals surface area contributed by atoms with E-state index in [0.717, 1.165) is 24.4 Å². The lowest BCUT2D eigenvalue weighted by Gasteiger charge is -2.23. The molecule has 102 valence electrons. The summed E-state index contributed by atoms with van der Waals surface area (Å²) in [7, 11) is 0.